The maximum atomic E-state index is 12.6. The minimum absolute atomic E-state index is 0.0703. The second kappa shape index (κ2) is 13.8. The van der Waals surface area contributed by atoms with E-state index in [1.807, 2.05) is 31.2 Å². The van der Waals surface area contributed by atoms with E-state index in [-0.39, 0.29) is 12.1 Å². The molecule has 0 radical (unpaired) electrons. The minimum Gasteiger partial charge on any atom is -0.376 e. The predicted octanol–water partition coefficient (Wildman–Crippen LogP) is 3.06. The van der Waals surface area contributed by atoms with Crippen LogP contribution >= 0.6 is 0 Å². The second-order valence-corrected chi connectivity index (χ2v) is 10.4. The lowest BCUT2D eigenvalue weighted by Crippen LogP contribution is -2.48. The molecule has 1 atom stereocenters. The minimum atomic E-state index is -0.260. The van der Waals surface area contributed by atoms with Crippen molar-refractivity contribution >= 4 is 22.7 Å². The van der Waals surface area contributed by atoms with Crippen molar-refractivity contribution in [1.82, 2.24) is 14.9 Å². The third-order valence-electron chi connectivity index (χ3n) is 7.44. The van der Waals surface area contributed by atoms with Gasteiger partial charge >= 0.3 is 12.3 Å². The lowest BCUT2D eigenvalue weighted by molar-refractivity contribution is -0.874. The summed E-state index contributed by atoms with van der Waals surface area (Å²) in [5.41, 5.74) is 4.22. The maximum absolute atomic E-state index is 12.6. The van der Waals surface area contributed by atoms with E-state index in [0.717, 1.165) is 80.0 Å². The Morgan fingerprint density at radius 1 is 1.15 bits per heavy atom. The summed E-state index contributed by atoms with van der Waals surface area (Å²) in [7, 11) is 0. The normalized spacial score (nSPS) is 17.1. The molecule has 1 saturated heterocycles. The zero-order valence-corrected chi connectivity index (χ0v) is 22.9. The molecule has 2 aromatic heterocycles. The number of benzene rings is 1. The van der Waals surface area contributed by atoms with Crippen LogP contribution in [0.15, 0.2) is 42.7 Å². The topological polar surface area (TPSA) is 89.7 Å². The highest BCUT2D eigenvalue weighted by Crippen LogP contribution is 2.20. The van der Waals surface area contributed by atoms with Gasteiger partial charge in [-0.25, -0.2) is 9.78 Å². The molecular formula is C30H40N5O4+. The molecule has 0 aliphatic carbocycles. The van der Waals surface area contributed by atoms with Gasteiger partial charge in [-0.15, -0.1) is 0 Å². The number of unbranched alkanes of at least 4 members (excludes halogenated alkanes) is 1. The summed E-state index contributed by atoms with van der Waals surface area (Å²) < 4.78 is 13.0. The van der Waals surface area contributed by atoms with Crippen molar-refractivity contribution in [3.05, 3.63) is 59.7 Å². The number of para-hydroxylation sites is 1. The molecule has 1 fully saturated rings. The quantitative estimate of drug-likeness (QED) is 0.280. The van der Waals surface area contributed by atoms with Gasteiger partial charge in [0.15, 0.2) is 11.2 Å². The molecule has 1 aromatic carbocycles. The Labute approximate surface area is 230 Å². The van der Waals surface area contributed by atoms with Crippen molar-refractivity contribution in [1.29, 1.82) is 0 Å². The van der Waals surface area contributed by atoms with E-state index in [1.54, 1.807) is 6.33 Å². The monoisotopic (exact) mass is 534 g/mol. The van der Waals surface area contributed by atoms with Gasteiger partial charge in [-0.1, -0.05) is 18.2 Å². The Hall–Kier alpha value is -3.14. The average Bonchev–Trinajstić information content (AvgIpc) is 2.97. The number of hydrogen-bond acceptors (Lipinski definition) is 8. The fourth-order valence-electron chi connectivity index (χ4n) is 5.28. The van der Waals surface area contributed by atoms with Crippen LogP contribution in [0.1, 0.15) is 49.1 Å². The zero-order valence-electron chi connectivity index (χ0n) is 22.9. The first kappa shape index (κ1) is 27.4. The largest absolute Gasteiger partial charge is 0.376 e. The molecule has 0 amide bonds. The Morgan fingerprint density at radius 3 is 2.95 bits per heavy atom. The Bertz CT molecular complexity index is 1250. The Morgan fingerprint density at radius 2 is 2.05 bits per heavy atom. The molecule has 3 aromatic rings. The molecule has 39 heavy (non-hydrogen) atoms. The van der Waals surface area contributed by atoms with E-state index in [2.05, 4.69) is 27.3 Å². The third kappa shape index (κ3) is 7.71. The van der Waals surface area contributed by atoms with Gasteiger partial charge in [0.2, 0.25) is 0 Å². The number of nitrogens with zero attached hydrogens (tertiary/aromatic N) is 4. The highest BCUT2D eigenvalue weighted by molar-refractivity contribution is 5.79. The Kier molecular flexibility index (Phi) is 9.69. The molecule has 2 aliphatic heterocycles. The maximum Gasteiger partial charge on any atom is 0.358 e. The van der Waals surface area contributed by atoms with Crippen LogP contribution in [0.3, 0.4) is 0 Å². The number of nitrogens with one attached hydrogen (secondary N) is 1. The lowest BCUT2D eigenvalue weighted by atomic mass is 10.1. The van der Waals surface area contributed by atoms with E-state index in [1.165, 1.54) is 16.7 Å². The molecule has 2 aliphatic rings. The first-order valence-electron chi connectivity index (χ1n) is 14.3. The molecular weight excluding hydrogens is 494 g/mol. The number of rotatable bonds is 12. The van der Waals surface area contributed by atoms with Crippen molar-refractivity contribution in [3.8, 4) is 0 Å². The number of carbonyl (C=O) groups excluding carboxylic acids is 1. The van der Waals surface area contributed by atoms with Gasteiger partial charge in [0.1, 0.15) is 5.82 Å². The molecule has 9 heteroatoms. The van der Waals surface area contributed by atoms with Gasteiger partial charge in [0, 0.05) is 25.7 Å². The standard InChI is InChI=1S/C30H40N5O4/c1-23-27-10-2-3-11-28(27)32-22-35(23)39-29(36)12-7-17-34(20-26-21-37-18-19-38-26)16-5-4-9-25-14-13-24-8-6-15-31-30(24)33-25/h2-3,10-11,13-14,22,26H,4-9,12,15-21H2,1H3,(H,31,33)/q+1. The van der Waals surface area contributed by atoms with Crippen molar-refractivity contribution in [2.45, 2.75) is 58.0 Å². The van der Waals surface area contributed by atoms with Crippen LogP contribution in [0, 0.1) is 6.92 Å². The van der Waals surface area contributed by atoms with Crippen LogP contribution in [-0.2, 0) is 27.1 Å². The summed E-state index contributed by atoms with van der Waals surface area (Å²) in [5, 5.41) is 4.40. The van der Waals surface area contributed by atoms with Crippen LogP contribution in [0.4, 0.5) is 5.82 Å². The number of hydrogen-bond donors (Lipinski definition) is 1. The summed E-state index contributed by atoms with van der Waals surface area (Å²) in [6.45, 7) is 7.41. The zero-order chi connectivity index (χ0) is 26.9. The molecule has 0 spiro atoms. The SMILES string of the molecule is Cc1c2ccccc2nc[n+]1OC(=O)CCCN(CCCCc1ccc2c(n1)NCCC2)CC1COCCO1. The van der Waals surface area contributed by atoms with Crippen LogP contribution < -0.4 is 14.9 Å². The molecule has 0 saturated carbocycles. The fourth-order valence-corrected chi connectivity index (χ4v) is 5.28. The van der Waals surface area contributed by atoms with Crippen LogP contribution in [0.5, 0.6) is 0 Å². The van der Waals surface area contributed by atoms with Crippen LogP contribution in [-0.4, -0.2) is 72.9 Å². The smallest absolute Gasteiger partial charge is 0.358 e. The van der Waals surface area contributed by atoms with Gasteiger partial charge in [-0.2, -0.15) is 0 Å². The van der Waals surface area contributed by atoms with E-state index in [4.69, 9.17) is 19.3 Å². The molecule has 9 nitrogen and oxygen atoms in total. The summed E-state index contributed by atoms with van der Waals surface area (Å²) >= 11 is 0. The number of fused-ring (bicyclic) bond motifs is 2. The molecule has 1 unspecified atom stereocenters. The average molecular weight is 535 g/mol. The number of carbonyl (C=O) groups is 1. The highest BCUT2D eigenvalue weighted by atomic mass is 16.7. The van der Waals surface area contributed by atoms with E-state index in [0.29, 0.717) is 32.7 Å². The lowest BCUT2D eigenvalue weighted by Gasteiger charge is -2.30. The van der Waals surface area contributed by atoms with Gasteiger partial charge in [-0.05, 0) is 85.1 Å². The van der Waals surface area contributed by atoms with E-state index < -0.39 is 0 Å². The molecule has 208 valence electrons. The van der Waals surface area contributed by atoms with Gasteiger partial charge in [0.05, 0.1) is 37.7 Å². The number of ether oxygens (including phenoxy) is 2. The number of aryl methyl sites for hydroxylation is 3. The number of anilines is 1. The first-order valence-corrected chi connectivity index (χ1v) is 14.3. The van der Waals surface area contributed by atoms with E-state index >= 15 is 0 Å². The highest BCUT2D eigenvalue weighted by Gasteiger charge is 2.20. The van der Waals surface area contributed by atoms with Gasteiger partial charge in [0.25, 0.3) is 0 Å². The molecule has 0 bridgehead atoms. The van der Waals surface area contributed by atoms with E-state index in [9.17, 15) is 4.79 Å². The van der Waals surface area contributed by atoms with Crippen molar-refractivity contribution in [3.63, 3.8) is 0 Å². The summed E-state index contributed by atoms with van der Waals surface area (Å²) in [6.07, 6.45) is 8.07. The van der Waals surface area contributed by atoms with Gasteiger partial charge in [-0.3, -0.25) is 4.84 Å². The second-order valence-electron chi connectivity index (χ2n) is 10.4. The number of aromatic nitrogens is 3. The number of pyridine rings is 1. The Balaban J connectivity index is 1.09. The molecule has 4 heterocycles. The molecule has 1 N–H and O–H groups in total. The summed E-state index contributed by atoms with van der Waals surface area (Å²) in [6, 6.07) is 12.2. The summed E-state index contributed by atoms with van der Waals surface area (Å²) in [5.74, 6) is 0.805. The van der Waals surface area contributed by atoms with Crippen molar-refractivity contribution in [2.75, 3.05) is 51.3 Å². The summed E-state index contributed by atoms with van der Waals surface area (Å²) in [4.78, 5) is 29.9. The van der Waals surface area contributed by atoms with Crippen LogP contribution in [0.2, 0.25) is 0 Å². The fraction of sp³-hybridized carbons (Fsp3) is 0.533. The third-order valence-corrected chi connectivity index (χ3v) is 7.44. The first-order chi connectivity index (χ1) is 19.2. The van der Waals surface area contributed by atoms with Crippen molar-refractivity contribution in [2.24, 2.45) is 0 Å². The molecule has 5 rings (SSSR count). The van der Waals surface area contributed by atoms with Gasteiger partial charge < -0.3 is 19.7 Å². The van der Waals surface area contributed by atoms with Crippen molar-refractivity contribution < 1.29 is 23.8 Å². The predicted molar refractivity (Wildman–Crippen MR) is 148 cm³/mol. The van der Waals surface area contributed by atoms with Crippen LogP contribution in [0.25, 0.3) is 10.9 Å².